The molecule has 0 aliphatic heterocycles. The normalized spacial score (nSPS) is 11.9. The summed E-state index contributed by atoms with van der Waals surface area (Å²) in [7, 11) is 0. The van der Waals surface area contributed by atoms with Gasteiger partial charge in [-0.05, 0) is 36.3 Å². The Morgan fingerprint density at radius 3 is 2.70 bits per heavy atom. The number of aryl methyl sites for hydroxylation is 1. The first-order valence-corrected chi connectivity index (χ1v) is 8.42. The van der Waals surface area contributed by atoms with Crippen LogP contribution in [-0.4, -0.2) is 21.1 Å². The molecule has 0 radical (unpaired) electrons. The number of halogens is 1. The Kier molecular flexibility index (Phi) is 6.23. The van der Waals surface area contributed by atoms with E-state index in [1.807, 2.05) is 31.2 Å². The number of carbonyl (C=O) groups is 1. The summed E-state index contributed by atoms with van der Waals surface area (Å²) < 4.78 is 1.17. The van der Waals surface area contributed by atoms with Gasteiger partial charge in [-0.2, -0.15) is 5.10 Å². The van der Waals surface area contributed by atoms with Gasteiger partial charge in [-0.15, -0.1) is 0 Å². The second-order valence-electron chi connectivity index (χ2n) is 5.03. The largest absolute Gasteiger partial charge is 0.349 e. The summed E-state index contributed by atoms with van der Waals surface area (Å²) in [5, 5.41) is 9.36. The molecule has 6 nitrogen and oxygen atoms in total. The van der Waals surface area contributed by atoms with Gasteiger partial charge in [-0.3, -0.25) is 19.7 Å². The van der Waals surface area contributed by atoms with Gasteiger partial charge in [-0.25, -0.2) is 0 Å². The quantitative estimate of drug-likeness (QED) is 0.654. The summed E-state index contributed by atoms with van der Waals surface area (Å²) in [6, 6.07) is 7.78. The summed E-state index contributed by atoms with van der Waals surface area (Å²) in [6.07, 6.45) is 1.22. The first kappa shape index (κ1) is 17.6. The van der Waals surface area contributed by atoms with Gasteiger partial charge < -0.3 is 5.32 Å². The molecule has 1 unspecified atom stereocenters. The molecule has 1 heterocycles. The molecular weight excluding hydrogens is 380 g/mol. The second kappa shape index (κ2) is 8.16. The van der Waals surface area contributed by atoms with Crippen molar-refractivity contribution in [2.24, 2.45) is 0 Å². The number of amides is 1. The van der Waals surface area contributed by atoms with Crippen LogP contribution in [0.2, 0.25) is 0 Å². The lowest BCUT2D eigenvalue weighted by atomic mass is 10.0. The van der Waals surface area contributed by atoms with Gasteiger partial charge >= 0.3 is 0 Å². The molecule has 1 amide bonds. The zero-order valence-electron chi connectivity index (χ0n) is 12.6. The number of hydrogen-bond donors (Lipinski definition) is 3. The number of aromatic nitrogens is 3. The van der Waals surface area contributed by atoms with Gasteiger partial charge in [0.15, 0.2) is 4.77 Å². The van der Waals surface area contributed by atoms with Gasteiger partial charge in [-0.1, -0.05) is 35.0 Å². The summed E-state index contributed by atoms with van der Waals surface area (Å²) in [5.41, 5.74) is 0.954. The predicted molar refractivity (Wildman–Crippen MR) is 93.7 cm³/mol. The molecule has 3 N–H and O–H groups in total. The van der Waals surface area contributed by atoms with Gasteiger partial charge in [0.05, 0.1) is 6.04 Å². The van der Waals surface area contributed by atoms with Crippen molar-refractivity contribution >= 4 is 34.1 Å². The van der Waals surface area contributed by atoms with Gasteiger partial charge in [0.2, 0.25) is 5.91 Å². The number of nitrogens with one attached hydrogen (secondary N) is 3. The van der Waals surface area contributed by atoms with Crippen LogP contribution in [-0.2, 0) is 11.2 Å². The molecule has 2 rings (SSSR count). The number of benzene rings is 1. The Morgan fingerprint density at radius 1 is 1.39 bits per heavy atom. The fourth-order valence-electron chi connectivity index (χ4n) is 2.16. The highest BCUT2D eigenvalue weighted by atomic mass is 79.9. The molecule has 0 aliphatic carbocycles. The Bertz CT molecular complexity index is 785. The van der Waals surface area contributed by atoms with E-state index in [9.17, 15) is 9.59 Å². The fraction of sp³-hybridized carbons (Fsp3) is 0.333. The monoisotopic (exact) mass is 396 g/mol. The lowest BCUT2D eigenvalue weighted by Gasteiger charge is -2.17. The SMILES string of the molecule is CCC(NC(=O)CCc1n[nH]c(=S)[nH]c1=O)c1ccc(Br)cc1. The topological polar surface area (TPSA) is 90.6 Å². The van der Waals surface area contributed by atoms with Crippen molar-refractivity contribution < 1.29 is 4.79 Å². The Morgan fingerprint density at radius 2 is 2.09 bits per heavy atom. The Balaban J connectivity index is 1.96. The van der Waals surface area contributed by atoms with Crippen LogP contribution in [0.15, 0.2) is 33.5 Å². The van der Waals surface area contributed by atoms with Crippen LogP contribution in [0.5, 0.6) is 0 Å². The number of nitrogens with zero attached hydrogens (tertiary/aromatic N) is 1. The number of rotatable bonds is 6. The van der Waals surface area contributed by atoms with E-state index in [1.165, 1.54) is 0 Å². The van der Waals surface area contributed by atoms with Crippen molar-refractivity contribution in [1.29, 1.82) is 0 Å². The van der Waals surface area contributed by atoms with Crippen LogP contribution in [0.3, 0.4) is 0 Å². The molecule has 1 aromatic carbocycles. The number of aromatic amines is 2. The summed E-state index contributed by atoms with van der Waals surface area (Å²) >= 11 is 8.17. The van der Waals surface area contributed by atoms with Crippen molar-refractivity contribution in [3.63, 3.8) is 0 Å². The predicted octanol–water partition coefficient (Wildman–Crippen LogP) is 2.79. The highest BCUT2D eigenvalue weighted by molar-refractivity contribution is 9.10. The molecule has 0 aliphatic rings. The van der Waals surface area contributed by atoms with Crippen LogP contribution in [0.4, 0.5) is 0 Å². The highest BCUT2D eigenvalue weighted by Gasteiger charge is 2.13. The second-order valence-corrected chi connectivity index (χ2v) is 6.36. The Hall–Kier alpha value is -1.80. The number of hydrogen-bond acceptors (Lipinski definition) is 4. The van der Waals surface area contributed by atoms with Crippen molar-refractivity contribution in [3.8, 4) is 0 Å². The van der Waals surface area contributed by atoms with E-state index < -0.39 is 0 Å². The third-order valence-electron chi connectivity index (χ3n) is 3.39. The third-order valence-corrected chi connectivity index (χ3v) is 4.11. The molecule has 1 atom stereocenters. The van der Waals surface area contributed by atoms with E-state index in [0.717, 1.165) is 16.5 Å². The van der Waals surface area contributed by atoms with Gasteiger partial charge in [0.25, 0.3) is 5.56 Å². The summed E-state index contributed by atoms with van der Waals surface area (Å²) in [5.74, 6) is -0.122. The van der Waals surface area contributed by atoms with Crippen LogP contribution in [0, 0.1) is 4.77 Å². The van der Waals surface area contributed by atoms with E-state index in [4.69, 9.17) is 12.2 Å². The maximum absolute atomic E-state index is 12.1. The molecule has 0 saturated carbocycles. The van der Waals surface area contributed by atoms with Crippen molar-refractivity contribution in [2.45, 2.75) is 32.2 Å². The molecular formula is C15H17BrN4O2S. The van der Waals surface area contributed by atoms with Gasteiger partial charge in [0, 0.05) is 17.3 Å². The zero-order chi connectivity index (χ0) is 16.8. The zero-order valence-corrected chi connectivity index (χ0v) is 15.0. The van der Waals surface area contributed by atoms with Crippen LogP contribution in [0.25, 0.3) is 0 Å². The smallest absolute Gasteiger partial charge is 0.273 e. The minimum Gasteiger partial charge on any atom is -0.349 e. The molecule has 1 aromatic heterocycles. The van der Waals surface area contributed by atoms with E-state index in [1.54, 1.807) is 0 Å². The van der Waals surface area contributed by atoms with Crippen molar-refractivity contribution in [2.75, 3.05) is 0 Å². The molecule has 23 heavy (non-hydrogen) atoms. The molecule has 0 fully saturated rings. The standard InChI is InChI=1S/C15H17BrN4O2S/c1-2-11(9-3-5-10(16)6-4-9)17-13(21)8-7-12-14(22)18-15(23)20-19-12/h3-6,11H,2,7-8H2,1H3,(H,17,21)(H2,18,20,22,23). The van der Waals surface area contributed by atoms with Crippen molar-refractivity contribution in [1.82, 2.24) is 20.5 Å². The summed E-state index contributed by atoms with van der Waals surface area (Å²) in [4.78, 5) is 26.2. The molecule has 0 spiro atoms. The lowest BCUT2D eigenvalue weighted by molar-refractivity contribution is -0.121. The van der Waals surface area contributed by atoms with Crippen LogP contribution >= 0.6 is 28.1 Å². The Labute approximate surface area is 146 Å². The van der Waals surface area contributed by atoms with Crippen molar-refractivity contribution in [3.05, 3.63) is 55.1 Å². The lowest BCUT2D eigenvalue weighted by Crippen LogP contribution is -2.29. The van der Waals surface area contributed by atoms with Crippen LogP contribution < -0.4 is 10.9 Å². The maximum atomic E-state index is 12.1. The van der Waals surface area contributed by atoms with E-state index >= 15 is 0 Å². The number of H-pyrrole nitrogens is 2. The molecule has 0 saturated heterocycles. The average molecular weight is 397 g/mol. The number of carbonyl (C=O) groups excluding carboxylic acids is 1. The highest BCUT2D eigenvalue weighted by Crippen LogP contribution is 2.19. The van der Waals surface area contributed by atoms with Gasteiger partial charge in [0.1, 0.15) is 5.69 Å². The molecule has 8 heteroatoms. The fourth-order valence-corrected chi connectivity index (χ4v) is 2.56. The van der Waals surface area contributed by atoms with E-state index in [0.29, 0.717) is 0 Å². The van der Waals surface area contributed by atoms with Crippen LogP contribution in [0.1, 0.15) is 37.1 Å². The summed E-state index contributed by atoms with van der Waals surface area (Å²) in [6.45, 7) is 2.01. The van der Waals surface area contributed by atoms with E-state index in [2.05, 4.69) is 36.4 Å². The first-order valence-electron chi connectivity index (χ1n) is 7.22. The minimum atomic E-state index is -0.360. The van der Waals surface area contributed by atoms with E-state index in [-0.39, 0.29) is 40.8 Å². The third kappa shape index (κ3) is 5.11. The maximum Gasteiger partial charge on any atom is 0.273 e. The minimum absolute atomic E-state index is 0.0524. The molecule has 0 bridgehead atoms. The first-order chi connectivity index (χ1) is 11.0. The average Bonchev–Trinajstić information content (AvgIpc) is 2.52. The molecule has 122 valence electrons. The molecule has 2 aromatic rings.